The van der Waals surface area contributed by atoms with Crippen LogP contribution in [0.3, 0.4) is 0 Å². The van der Waals surface area contributed by atoms with E-state index in [1.165, 1.54) is 13.2 Å². The summed E-state index contributed by atoms with van der Waals surface area (Å²) in [5.41, 5.74) is 0.651. The minimum atomic E-state index is -4.06. The zero-order valence-electron chi connectivity index (χ0n) is 20.0. The van der Waals surface area contributed by atoms with E-state index in [1.807, 2.05) is 44.2 Å². The van der Waals surface area contributed by atoms with E-state index < -0.39 is 38.9 Å². The molecule has 2 aromatic carbocycles. The molecule has 2 aromatic heterocycles. The normalized spacial score (nSPS) is 13.4. The summed E-state index contributed by atoms with van der Waals surface area (Å²) in [5, 5.41) is 0.393. The molecule has 0 atom stereocenters. The summed E-state index contributed by atoms with van der Waals surface area (Å²) < 4.78 is 58.3. The molecule has 1 saturated carbocycles. The van der Waals surface area contributed by atoms with Crippen molar-refractivity contribution in [2.75, 3.05) is 11.8 Å². The van der Waals surface area contributed by atoms with Gasteiger partial charge < -0.3 is 4.98 Å². The summed E-state index contributed by atoms with van der Waals surface area (Å²) in [4.78, 5) is 20.4. The van der Waals surface area contributed by atoms with Gasteiger partial charge in [0.1, 0.15) is 11.5 Å². The number of fused-ring (bicyclic) bond motifs is 1. The third kappa shape index (κ3) is 4.87. The van der Waals surface area contributed by atoms with Crippen LogP contribution in [-0.2, 0) is 10.2 Å². The number of rotatable bonds is 7. The van der Waals surface area contributed by atoms with E-state index in [0.29, 0.717) is 23.9 Å². The Morgan fingerprint density at radius 2 is 1.81 bits per heavy atom. The van der Waals surface area contributed by atoms with Crippen molar-refractivity contribution in [3.8, 4) is 11.1 Å². The number of carbonyl (C=O) groups is 1. The average Bonchev–Trinajstić information content (AvgIpc) is 3.65. The SMILES string of the molecule is CC.CN(C1CC1)S(=O)(=O)Nc1ccc(F)c(C(=O)c2c[nH]c3ncc(-c4ccccc4)cc23)c1F.[HH].[HH]. The van der Waals surface area contributed by atoms with Crippen LogP contribution in [0.25, 0.3) is 22.2 Å². The highest BCUT2D eigenvalue weighted by Crippen LogP contribution is 2.31. The Labute approximate surface area is 211 Å². The molecule has 1 aliphatic rings. The van der Waals surface area contributed by atoms with Gasteiger partial charge in [-0.2, -0.15) is 12.7 Å². The molecule has 192 valence electrons. The number of hydrogen-bond donors (Lipinski definition) is 2. The first-order chi connectivity index (χ1) is 17.3. The Morgan fingerprint density at radius 1 is 1.11 bits per heavy atom. The topological polar surface area (TPSA) is 95.2 Å². The van der Waals surface area contributed by atoms with Crippen molar-refractivity contribution in [2.45, 2.75) is 32.7 Å². The van der Waals surface area contributed by atoms with Gasteiger partial charge in [-0.25, -0.2) is 13.8 Å². The second-order valence-corrected chi connectivity index (χ2v) is 9.89. The fraction of sp³-hybridized carbons (Fsp3) is 0.231. The van der Waals surface area contributed by atoms with E-state index in [9.17, 15) is 17.6 Å². The molecule has 7 nitrogen and oxygen atoms in total. The molecule has 0 radical (unpaired) electrons. The number of hydrogen-bond acceptors (Lipinski definition) is 4. The first-order valence-electron chi connectivity index (χ1n) is 11.6. The molecule has 10 heteroatoms. The van der Waals surface area contributed by atoms with Crippen molar-refractivity contribution >= 4 is 32.7 Å². The lowest BCUT2D eigenvalue weighted by molar-refractivity contribution is 0.103. The van der Waals surface area contributed by atoms with E-state index in [4.69, 9.17) is 0 Å². The molecule has 0 spiro atoms. The van der Waals surface area contributed by atoms with Gasteiger partial charge in [-0.05, 0) is 36.6 Å². The second-order valence-electron chi connectivity index (χ2n) is 8.16. The van der Waals surface area contributed by atoms with Crippen LogP contribution in [0.1, 0.15) is 45.5 Å². The number of pyridine rings is 1. The van der Waals surface area contributed by atoms with Crippen LogP contribution in [0, 0.1) is 11.6 Å². The standard InChI is InChI=1S/C24H20F2N4O3S.C2H6.2H2/c1-30(16-7-8-16)34(32,33)29-20-10-9-19(25)21(22(20)26)23(31)18-13-28-24-17(18)11-15(12-27-24)14-5-3-2-4-6-14;1-2;;/h2-6,9-13,16,29H,7-8H2,1H3,(H,27,28);1-2H3;2*1H. The highest BCUT2D eigenvalue weighted by Gasteiger charge is 2.35. The van der Waals surface area contributed by atoms with Crippen LogP contribution in [-0.4, -0.2) is 41.6 Å². The van der Waals surface area contributed by atoms with E-state index in [0.717, 1.165) is 27.6 Å². The van der Waals surface area contributed by atoms with Gasteiger partial charge in [0, 0.05) is 44.8 Å². The molecule has 0 unspecified atom stereocenters. The summed E-state index contributed by atoms with van der Waals surface area (Å²) in [7, 11) is -2.67. The molecule has 0 amide bonds. The maximum absolute atomic E-state index is 15.3. The van der Waals surface area contributed by atoms with E-state index in [2.05, 4.69) is 14.7 Å². The van der Waals surface area contributed by atoms with Crippen molar-refractivity contribution in [1.82, 2.24) is 14.3 Å². The van der Waals surface area contributed by atoms with Crippen LogP contribution in [0.2, 0.25) is 0 Å². The Kier molecular flexibility index (Phi) is 7.18. The number of ketones is 1. The highest BCUT2D eigenvalue weighted by atomic mass is 32.2. The van der Waals surface area contributed by atoms with Crippen molar-refractivity contribution < 1.29 is 24.8 Å². The monoisotopic (exact) mass is 516 g/mol. The quantitative estimate of drug-likeness (QED) is 0.294. The fourth-order valence-corrected chi connectivity index (χ4v) is 4.98. The minimum Gasteiger partial charge on any atom is -0.345 e. The smallest absolute Gasteiger partial charge is 0.301 e. The van der Waals surface area contributed by atoms with E-state index in [-0.39, 0.29) is 14.5 Å². The molecule has 4 aromatic rings. The van der Waals surface area contributed by atoms with Crippen LogP contribution < -0.4 is 4.72 Å². The van der Waals surface area contributed by atoms with Crippen LogP contribution in [0.4, 0.5) is 14.5 Å². The number of nitrogens with zero attached hydrogens (tertiary/aromatic N) is 2. The molecule has 2 heterocycles. The molecule has 0 aliphatic heterocycles. The van der Waals surface area contributed by atoms with Crippen molar-refractivity contribution in [1.29, 1.82) is 0 Å². The van der Waals surface area contributed by atoms with Gasteiger partial charge in [-0.3, -0.25) is 9.52 Å². The molecule has 1 fully saturated rings. The minimum absolute atomic E-state index is 0. The largest absolute Gasteiger partial charge is 0.345 e. The van der Waals surface area contributed by atoms with Gasteiger partial charge in [0.15, 0.2) is 5.82 Å². The molecule has 5 rings (SSSR count). The number of aromatic nitrogens is 2. The Balaban J connectivity index is 0.00000124. The first-order valence-corrected chi connectivity index (χ1v) is 13.0. The number of benzene rings is 2. The Morgan fingerprint density at radius 3 is 2.47 bits per heavy atom. The van der Waals surface area contributed by atoms with Gasteiger partial charge >= 0.3 is 10.2 Å². The fourth-order valence-electron chi connectivity index (χ4n) is 3.80. The molecule has 36 heavy (non-hydrogen) atoms. The average molecular weight is 517 g/mol. The predicted molar refractivity (Wildman–Crippen MR) is 140 cm³/mol. The molecule has 0 bridgehead atoms. The number of carbonyl (C=O) groups excluding carboxylic acids is 1. The lowest BCUT2D eigenvalue weighted by Gasteiger charge is -2.18. The van der Waals surface area contributed by atoms with Crippen molar-refractivity contribution in [2.24, 2.45) is 0 Å². The van der Waals surface area contributed by atoms with E-state index in [1.54, 1.807) is 12.3 Å². The summed E-state index contributed by atoms with van der Waals surface area (Å²) in [6.45, 7) is 4.00. The summed E-state index contributed by atoms with van der Waals surface area (Å²) in [6, 6.07) is 12.7. The van der Waals surface area contributed by atoms with Gasteiger partial charge in [0.05, 0.1) is 11.3 Å². The Bertz CT molecular complexity index is 1530. The van der Waals surface area contributed by atoms with Crippen molar-refractivity contribution in [3.63, 3.8) is 0 Å². The van der Waals surface area contributed by atoms with Gasteiger partial charge in [0.25, 0.3) is 0 Å². The van der Waals surface area contributed by atoms with Gasteiger partial charge in [-0.1, -0.05) is 44.2 Å². The summed E-state index contributed by atoms with van der Waals surface area (Å²) in [6.07, 6.45) is 4.40. The van der Waals surface area contributed by atoms with Gasteiger partial charge in [-0.15, -0.1) is 0 Å². The zero-order chi connectivity index (χ0) is 26.0. The summed E-state index contributed by atoms with van der Waals surface area (Å²) in [5.74, 6) is -3.30. The number of nitrogens with one attached hydrogen (secondary N) is 2. The molecule has 1 aliphatic carbocycles. The van der Waals surface area contributed by atoms with Crippen LogP contribution in [0.15, 0.2) is 60.9 Å². The molecular formula is C26H30F2N4O3S. The van der Waals surface area contributed by atoms with Crippen LogP contribution >= 0.6 is 0 Å². The highest BCUT2D eigenvalue weighted by molar-refractivity contribution is 7.90. The third-order valence-corrected chi connectivity index (χ3v) is 7.41. The lowest BCUT2D eigenvalue weighted by atomic mass is 10.00. The second kappa shape index (κ2) is 10.2. The van der Waals surface area contributed by atoms with Crippen molar-refractivity contribution in [3.05, 3.63) is 83.7 Å². The van der Waals surface area contributed by atoms with Crippen LogP contribution in [0.5, 0.6) is 0 Å². The number of H-pyrrole nitrogens is 1. The lowest BCUT2D eigenvalue weighted by Crippen LogP contribution is -2.34. The van der Waals surface area contributed by atoms with E-state index >= 15 is 4.39 Å². The molecular weight excluding hydrogens is 486 g/mol. The van der Waals surface area contributed by atoms with Gasteiger partial charge in [0.2, 0.25) is 5.78 Å². The molecule has 0 saturated heterocycles. The predicted octanol–water partition coefficient (Wildman–Crippen LogP) is 6.01. The first kappa shape index (κ1) is 25.5. The maximum Gasteiger partial charge on any atom is 0.301 e. The summed E-state index contributed by atoms with van der Waals surface area (Å²) >= 11 is 0. The number of aromatic amines is 1. The maximum atomic E-state index is 15.3. The number of anilines is 1. The third-order valence-electron chi connectivity index (χ3n) is 5.88. The Hall–Kier alpha value is -3.63. The number of halogens is 2. The zero-order valence-corrected chi connectivity index (χ0v) is 20.9. The molecule has 2 N–H and O–H groups in total.